The fraction of sp³-hybridized carbons (Fsp3) is 0.632. The van der Waals surface area contributed by atoms with Crippen LogP contribution in [0.1, 0.15) is 51.4 Å². The first-order valence-corrected chi connectivity index (χ1v) is 9.21. The number of hydrogen-bond donors (Lipinski definition) is 2. The van der Waals surface area contributed by atoms with E-state index in [-0.39, 0.29) is 12.6 Å². The molecule has 132 valence electrons. The Labute approximate surface area is 144 Å². The standard InChI is InChI=1S/C19H28N2O3/c22-14-4-3-13-21(16-9-10-16)19(23)20-15-7-11-18(12-8-15)24-17-5-1-2-6-17/h7-8,11-12,16-17,22H,1-6,9-10,13-14H2,(H,20,23). The van der Waals surface area contributed by atoms with Crippen LogP contribution in [0.4, 0.5) is 10.5 Å². The first-order valence-electron chi connectivity index (χ1n) is 9.21. The van der Waals surface area contributed by atoms with Crippen LogP contribution in [0.5, 0.6) is 5.75 Å². The Balaban J connectivity index is 1.51. The molecule has 5 nitrogen and oxygen atoms in total. The zero-order valence-electron chi connectivity index (χ0n) is 14.2. The number of ether oxygens (including phenoxy) is 1. The number of unbranched alkanes of at least 4 members (excludes halogenated alkanes) is 1. The van der Waals surface area contributed by atoms with Crippen LogP contribution in [0.3, 0.4) is 0 Å². The Hall–Kier alpha value is -1.75. The quantitative estimate of drug-likeness (QED) is 0.712. The second-order valence-corrected chi connectivity index (χ2v) is 6.83. The van der Waals surface area contributed by atoms with E-state index < -0.39 is 0 Å². The third-order valence-electron chi connectivity index (χ3n) is 4.77. The summed E-state index contributed by atoms with van der Waals surface area (Å²) in [6, 6.07) is 8.00. The topological polar surface area (TPSA) is 61.8 Å². The van der Waals surface area contributed by atoms with Crippen molar-refractivity contribution < 1.29 is 14.6 Å². The average Bonchev–Trinajstić information content (AvgIpc) is 3.29. The molecular weight excluding hydrogens is 304 g/mol. The number of urea groups is 1. The summed E-state index contributed by atoms with van der Waals surface area (Å²) < 4.78 is 5.95. The van der Waals surface area contributed by atoms with E-state index in [4.69, 9.17) is 9.84 Å². The fourth-order valence-electron chi connectivity index (χ4n) is 3.24. The zero-order chi connectivity index (χ0) is 16.8. The number of nitrogens with one attached hydrogen (secondary N) is 1. The van der Waals surface area contributed by atoms with Crippen molar-refractivity contribution in [1.82, 2.24) is 4.90 Å². The van der Waals surface area contributed by atoms with Gasteiger partial charge in [-0.1, -0.05) is 0 Å². The van der Waals surface area contributed by atoms with Crippen LogP contribution in [0.25, 0.3) is 0 Å². The van der Waals surface area contributed by atoms with E-state index in [2.05, 4.69) is 5.32 Å². The van der Waals surface area contributed by atoms with Crippen LogP contribution in [-0.4, -0.2) is 41.3 Å². The van der Waals surface area contributed by atoms with Gasteiger partial charge in [-0.15, -0.1) is 0 Å². The Bertz CT molecular complexity index is 522. The molecule has 2 amide bonds. The number of amides is 2. The van der Waals surface area contributed by atoms with Crippen molar-refractivity contribution in [1.29, 1.82) is 0 Å². The molecule has 2 aliphatic rings. The summed E-state index contributed by atoms with van der Waals surface area (Å²) in [6.45, 7) is 0.891. The number of nitrogens with zero attached hydrogens (tertiary/aromatic N) is 1. The Morgan fingerprint density at radius 3 is 2.46 bits per heavy atom. The van der Waals surface area contributed by atoms with E-state index in [0.29, 0.717) is 18.7 Å². The maximum atomic E-state index is 12.5. The van der Waals surface area contributed by atoms with E-state index in [1.165, 1.54) is 12.8 Å². The molecular formula is C19H28N2O3. The highest BCUT2D eigenvalue weighted by Crippen LogP contribution is 2.28. The molecule has 0 atom stereocenters. The molecule has 2 saturated carbocycles. The highest BCUT2D eigenvalue weighted by molar-refractivity contribution is 5.89. The number of aliphatic hydroxyl groups excluding tert-OH is 1. The van der Waals surface area contributed by atoms with Gasteiger partial charge in [0.2, 0.25) is 0 Å². The van der Waals surface area contributed by atoms with Crippen LogP contribution in [0.15, 0.2) is 24.3 Å². The third-order valence-corrected chi connectivity index (χ3v) is 4.77. The van der Waals surface area contributed by atoms with Gasteiger partial charge in [0.05, 0.1) is 6.10 Å². The van der Waals surface area contributed by atoms with Gasteiger partial charge < -0.3 is 20.1 Å². The SMILES string of the molecule is O=C(Nc1ccc(OC2CCCC2)cc1)N(CCCCO)C1CC1. The number of anilines is 1. The summed E-state index contributed by atoms with van der Waals surface area (Å²) in [6.07, 6.45) is 8.89. The van der Waals surface area contributed by atoms with Crippen LogP contribution >= 0.6 is 0 Å². The number of rotatable bonds is 8. The third kappa shape index (κ3) is 4.87. The summed E-state index contributed by atoms with van der Waals surface area (Å²) in [5, 5.41) is 11.9. The second kappa shape index (κ2) is 8.38. The molecule has 0 spiro atoms. The number of aliphatic hydroxyl groups is 1. The van der Waals surface area contributed by atoms with E-state index >= 15 is 0 Å². The van der Waals surface area contributed by atoms with Crippen LogP contribution < -0.4 is 10.1 Å². The van der Waals surface area contributed by atoms with Crippen LogP contribution in [0, 0.1) is 0 Å². The Kier molecular flexibility index (Phi) is 5.96. The molecule has 0 aromatic heterocycles. The van der Waals surface area contributed by atoms with Crippen molar-refractivity contribution in [3.63, 3.8) is 0 Å². The van der Waals surface area contributed by atoms with E-state index in [9.17, 15) is 4.79 Å². The number of carbonyl (C=O) groups excluding carboxylic acids is 1. The number of benzene rings is 1. The summed E-state index contributed by atoms with van der Waals surface area (Å²) in [5.74, 6) is 0.877. The van der Waals surface area contributed by atoms with Gasteiger partial charge in [0, 0.05) is 24.9 Å². The summed E-state index contributed by atoms with van der Waals surface area (Å²) in [4.78, 5) is 14.4. The van der Waals surface area contributed by atoms with Crippen molar-refractivity contribution in [2.75, 3.05) is 18.5 Å². The van der Waals surface area contributed by atoms with Gasteiger partial charge in [-0.25, -0.2) is 4.79 Å². The molecule has 0 heterocycles. The molecule has 2 aliphatic carbocycles. The molecule has 1 aromatic rings. The maximum absolute atomic E-state index is 12.5. The first kappa shape index (κ1) is 17.1. The van der Waals surface area contributed by atoms with E-state index in [1.807, 2.05) is 29.2 Å². The summed E-state index contributed by atoms with van der Waals surface area (Å²) >= 11 is 0. The van der Waals surface area contributed by atoms with Crippen molar-refractivity contribution in [3.05, 3.63) is 24.3 Å². The van der Waals surface area contributed by atoms with Gasteiger partial charge in [-0.05, 0) is 75.6 Å². The second-order valence-electron chi connectivity index (χ2n) is 6.83. The molecule has 0 bridgehead atoms. The molecule has 0 unspecified atom stereocenters. The van der Waals surface area contributed by atoms with Gasteiger partial charge in [-0.3, -0.25) is 0 Å². The molecule has 2 N–H and O–H groups in total. The molecule has 5 heteroatoms. The van der Waals surface area contributed by atoms with E-state index in [0.717, 1.165) is 50.0 Å². The minimum atomic E-state index is -0.0418. The first-order chi connectivity index (χ1) is 11.8. The fourth-order valence-corrected chi connectivity index (χ4v) is 3.24. The molecule has 3 rings (SSSR count). The van der Waals surface area contributed by atoms with Gasteiger partial charge in [-0.2, -0.15) is 0 Å². The molecule has 2 fully saturated rings. The Morgan fingerprint density at radius 2 is 1.83 bits per heavy atom. The largest absolute Gasteiger partial charge is 0.490 e. The van der Waals surface area contributed by atoms with E-state index in [1.54, 1.807) is 0 Å². The van der Waals surface area contributed by atoms with Gasteiger partial charge in [0.15, 0.2) is 0 Å². The van der Waals surface area contributed by atoms with Crippen molar-refractivity contribution in [3.8, 4) is 5.75 Å². The van der Waals surface area contributed by atoms with Crippen molar-refractivity contribution in [2.24, 2.45) is 0 Å². The summed E-state index contributed by atoms with van der Waals surface area (Å²) in [5.41, 5.74) is 0.798. The molecule has 0 radical (unpaired) electrons. The molecule has 24 heavy (non-hydrogen) atoms. The van der Waals surface area contributed by atoms with Gasteiger partial charge in [0.1, 0.15) is 5.75 Å². The number of carbonyl (C=O) groups is 1. The van der Waals surface area contributed by atoms with Gasteiger partial charge >= 0.3 is 6.03 Å². The lowest BCUT2D eigenvalue weighted by Crippen LogP contribution is -2.37. The molecule has 1 aromatic carbocycles. The maximum Gasteiger partial charge on any atom is 0.322 e. The average molecular weight is 332 g/mol. The molecule has 0 aliphatic heterocycles. The molecule has 0 saturated heterocycles. The minimum absolute atomic E-state index is 0.0418. The van der Waals surface area contributed by atoms with Crippen LogP contribution in [0.2, 0.25) is 0 Å². The normalized spacial score (nSPS) is 17.7. The zero-order valence-corrected chi connectivity index (χ0v) is 14.2. The van der Waals surface area contributed by atoms with Gasteiger partial charge in [0.25, 0.3) is 0 Å². The summed E-state index contributed by atoms with van der Waals surface area (Å²) in [7, 11) is 0. The van der Waals surface area contributed by atoms with Crippen molar-refractivity contribution >= 4 is 11.7 Å². The lowest BCUT2D eigenvalue weighted by molar-refractivity contribution is 0.203. The predicted molar refractivity (Wildman–Crippen MR) is 94.4 cm³/mol. The smallest absolute Gasteiger partial charge is 0.322 e. The predicted octanol–water partition coefficient (Wildman–Crippen LogP) is 3.78. The monoisotopic (exact) mass is 332 g/mol. The highest BCUT2D eigenvalue weighted by atomic mass is 16.5. The minimum Gasteiger partial charge on any atom is -0.490 e. The lowest BCUT2D eigenvalue weighted by Gasteiger charge is -2.23. The number of hydrogen-bond acceptors (Lipinski definition) is 3. The lowest BCUT2D eigenvalue weighted by atomic mass is 10.2. The van der Waals surface area contributed by atoms with Crippen LogP contribution in [-0.2, 0) is 0 Å². The Morgan fingerprint density at radius 1 is 1.12 bits per heavy atom. The van der Waals surface area contributed by atoms with Crippen molar-refractivity contribution in [2.45, 2.75) is 63.5 Å². The highest BCUT2D eigenvalue weighted by Gasteiger charge is 2.32.